The summed E-state index contributed by atoms with van der Waals surface area (Å²) in [6.45, 7) is 10.5. The Morgan fingerprint density at radius 1 is 0.714 bits per heavy atom. The second-order valence-corrected chi connectivity index (χ2v) is 6.77. The molecule has 0 aliphatic carbocycles. The second kappa shape index (κ2) is 16.1. The Bertz CT molecular complexity index is 378. The summed E-state index contributed by atoms with van der Waals surface area (Å²) >= 11 is 0. The molecule has 0 aromatic rings. The third-order valence-electron chi connectivity index (χ3n) is 4.37. The average Bonchev–Trinajstić information content (AvgIpc) is 2.68. The zero-order valence-electron chi connectivity index (χ0n) is 18.3. The lowest BCUT2D eigenvalue weighted by Crippen LogP contribution is -2.63. The molecule has 0 saturated carbocycles. The van der Waals surface area contributed by atoms with E-state index in [1.807, 2.05) is 27.7 Å². The van der Waals surface area contributed by atoms with E-state index in [2.05, 4.69) is 0 Å². The molecule has 0 rings (SSSR count). The summed E-state index contributed by atoms with van der Waals surface area (Å²) in [5.74, 6) is -3.08. The topological polar surface area (TPSA) is 92.7 Å². The van der Waals surface area contributed by atoms with E-state index in [-0.39, 0.29) is 19.4 Å². The number of aliphatic carboxylic acids is 1. The van der Waals surface area contributed by atoms with Crippen molar-refractivity contribution >= 4 is 5.97 Å². The highest BCUT2D eigenvalue weighted by molar-refractivity contribution is 5.79. The molecule has 0 spiro atoms. The van der Waals surface area contributed by atoms with Crippen molar-refractivity contribution < 1.29 is 39.2 Å². The summed E-state index contributed by atoms with van der Waals surface area (Å²) in [6.07, 6.45) is 5.74. The number of unbranched alkanes of at least 4 members (excludes halogenated alkanes) is 3. The van der Waals surface area contributed by atoms with Gasteiger partial charge in [-0.3, -0.25) is 0 Å². The Morgan fingerprint density at radius 3 is 1.46 bits per heavy atom. The lowest BCUT2D eigenvalue weighted by Gasteiger charge is -2.42. The van der Waals surface area contributed by atoms with Crippen LogP contribution in [-0.4, -0.2) is 42.3 Å². The van der Waals surface area contributed by atoms with E-state index >= 15 is 0 Å². The summed E-state index contributed by atoms with van der Waals surface area (Å²) in [7, 11) is 0. The van der Waals surface area contributed by atoms with Crippen LogP contribution in [0.1, 0.15) is 92.4 Å². The molecule has 0 aliphatic rings. The van der Waals surface area contributed by atoms with Crippen LogP contribution in [0.3, 0.4) is 0 Å². The molecular weight excluding hydrogens is 368 g/mol. The van der Waals surface area contributed by atoms with Gasteiger partial charge in [0.1, 0.15) is 0 Å². The van der Waals surface area contributed by atoms with Crippen molar-refractivity contribution in [1.29, 1.82) is 0 Å². The predicted molar refractivity (Wildman–Crippen MR) is 104 cm³/mol. The van der Waals surface area contributed by atoms with Gasteiger partial charge >= 0.3 is 5.97 Å². The van der Waals surface area contributed by atoms with Crippen LogP contribution in [0.15, 0.2) is 0 Å². The van der Waals surface area contributed by atoms with Crippen molar-refractivity contribution in [2.45, 2.75) is 104 Å². The molecule has 0 fully saturated rings. The minimum Gasteiger partial charge on any atom is -0.479 e. The van der Waals surface area contributed by atoms with Crippen LogP contribution >= 0.6 is 0 Å². The SMILES string of the molecule is CCCCOOC(CCC)(OOCCCC)C(CC)(OOCCCC)C(=O)O. The molecular formula is C20H40O8. The van der Waals surface area contributed by atoms with Crippen LogP contribution in [0.4, 0.5) is 0 Å². The number of carbonyl (C=O) groups is 1. The van der Waals surface area contributed by atoms with Crippen LogP contribution < -0.4 is 0 Å². The molecule has 0 aromatic carbocycles. The maximum atomic E-state index is 12.3. The fraction of sp³-hybridized carbons (Fsp3) is 0.950. The highest BCUT2D eigenvalue weighted by Crippen LogP contribution is 2.40. The maximum Gasteiger partial charge on any atom is 0.345 e. The number of rotatable bonds is 20. The number of carboxylic acids is 1. The normalized spacial score (nSPS) is 14.2. The third-order valence-corrected chi connectivity index (χ3v) is 4.37. The first-order valence-electron chi connectivity index (χ1n) is 10.6. The monoisotopic (exact) mass is 408 g/mol. The quantitative estimate of drug-likeness (QED) is 0.131. The van der Waals surface area contributed by atoms with Crippen LogP contribution in [0.25, 0.3) is 0 Å². The molecule has 8 nitrogen and oxygen atoms in total. The van der Waals surface area contributed by atoms with E-state index < -0.39 is 17.4 Å². The van der Waals surface area contributed by atoms with Crippen molar-refractivity contribution in [3.05, 3.63) is 0 Å². The molecule has 0 heterocycles. The van der Waals surface area contributed by atoms with Gasteiger partial charge in [-0.15, -0.1) is 0 Å². The van der Waals surface area contributed by atoms with Gasteiger partial charge in [-0.05, 0) is 25.7 Å². The van der Waals surface area contributed by atoms with E-state index in [0.717, 1.165) is 38.5 Å². The summed E-state index contributed by atoms with van der Waals surface area (Å²) in [4.78, 5) is 44.9. The summed E-state index contributed by atoms with van der Waals surface area (Å²) < 4.78 is 0. The minimum absolute atomic E-state index is 0.0305. The molecule has 0 bridgehead atoms. The second-order valence-electron chi connectivity index (χ2n) is 6.77. The minimum atomic E-state index is -1.95. The van der Waals surface area contributed by atoms with Gasteiger partial charge in [0, 0.05) is 6.42 Å². The highest BCUT2D eigenvalue weighted by Gasteiger charge is 2.63. The fourth-order valence-electron chi connectivity index (χ4n) is 2.53. The van der Waals surface area contributed by atoms with Gasteiger partial charge in [-0.2, -0.15) is 9.78 Å². The van der Waals surface area contributed by atoms with Gasteiger partial charge in [0.15, 0.2) is 0 Å². The Labute approximate surface area is 169 Å². The molecule has 1 atom stereocenters. The van der Waals surface area contributed by atoms with Crippen LogP contribution in [0.5, 0.6) is 0 Å². The van der Waals surface area contributed by atoms with Crippen LogP contribution in [-0.2, 0) is 34.1 Å². The van der Waals surface area contributed by atoms with Crippen LogP contribution in [0, 0.1) is 0 Å². The first-order valence-corrected chi connectivity index (χ1v) is 10.6. The van der Waals surface area contributed by atoms with Gasteiger partial charge in [-0.1, -0.05) is 60.3 Å². The van der Waals surface area contributed by atoms with Crippen LogP contribution in [0.2, 0.25) is 0 Å². The smallest absolute Gasteiger partial charge is 0.345 e. The Morgan fingerprint density at radius 2 is 1.14 bits per heavy atom. The summed E-state index contributed by atoms with van der Waals surface area (Å²) in [5, 5.41) is 10.1. The van der Waals surface area contributed by atoms with Gasteiger partial charge in [0.05, 0.1) is 19.8 Å². The van der Waals surface area contributed by atoms with E-state index in [4.69, 9.17) is 29.3 Å². The number of carboxylic acid groups (broad SMARTS) is 1. The molecule has 0 amide bonds. The lowest BCUT2D eigenvalue weighted by molar-refractivity contribution is -0.560. The first-order chi connectivity index (χ1) is 13.5. The standard InChI is InChI=1S/C20H40O8/c1-6-11-15-23-26-19(10-5,18(21)22)20(14-9-4,27-24-16-12-7-2)28-25-17-13-8-3/h6-17H2,1-5H3,(H,21,22). The molecule has 1 N–H and O–H groups in total. The summed E-state index contributed by atoms with van der Waals surface area (Å²) in [6, 6.07) is 0. The third kappa shape index (κ3) is 8.31. The zero-order chi connectivity index (χ0) is 21.3. The van der Waals surface area contributed by atoms with Crippen molar-refractivity contribution in [3.63, 3.8) is 0 Å². The molecule has 8 heteroatoms. The van der Waals surface area contributed by atoms with Crippen molar-refractivity contribution in [2.24, 2.45) is 0 Å². The van der Waals surface area contributed by atoms with Crippen molar-refractivity contribution in [1.82, 2.24) is 0 Å². The Balaban J connectivity index is 5.67. The molecule has 28 heavy (non-hydrogen) atoms. The lowest BCUT2D eigenvalue weighted by atomic mass is 9.87. The van der Waals surface area contributed by atoms with Crippen molar-refractivity contribution in [2.75, 3.05) is 19.8 Å². The molecule has 0 saturated heterocycles. The van der Waals surface area contributed by atoms with Crippen molar-refractivity contribution in [3.8, 4) is 0 Å². The average molecular weight is 409 g/mol. The van der Waals surface area contributed by atoms with Gasteiger partial charge in [-0.25, -0.2) is 24.3 Å². The first kappa shape index (κ1) is 27.2. The molecule has 0 aromatic heterocycles. The van der Waals surface area contributed by atoms with E-state index in [0.29, 0.717) is 19.6 Å². The number of hydrogen-bond acceptors (Lipinski definition) is 7. The molecule has 168 valence electrons. The molecule has 1 unspecified atom stereocenters. The fourth-order valence-corrected chi connectivity index (χ4v) is 2.53. The van der Waals surface area contributed by atoms with Gasteiger partial charge in [0.25, 0.3) is 11.4 Å². The highest BCUT2D eigenvalue weighted by atomic mass is 17.3. The molecule has 0 aliphatic heterocycles. The summed E-state index contributed by atoms with van der Waals surface area (Å²) in [5.41, 5.74) is -1.95. The van der Waals surface area contributed by atoms with E-state index in [9.17, 15) is 9.90 Å². The van der Waals surface area contributed by atoms with Gasteiger partial charge < -0.3 is 5.11 Å². The van der Waals surface area contributed by atoms with Gasteiger partial charge in [0.2, 0.25) is 0 Å². The van der Waals surface area contributed by atoms with E-state index in [1.54, 1.807) is 6.92 Å². The predicted octanol–water partition coefficient (Wildman–Crippen LogP) is 4.96. The maximum absolute atomic E-state index is 12.3. The zero-order valence-corrected chi connectivity index (χ0v) is 18.3. The largest absolute Gasteiger partial charge is 0.479 e. The van der Waals surface area contributed by atoms with E-state index in [1.165, 1.54) is 0 Å². The Kier molecular flexibility index (Phi) is 15.6. The Hall–Kier alpha value is -0.770. The molecule has 0 radical (unpaired) electrons. The number of hydrogen-bond donors (Lipinski definition) is 1.